The number of rotatable bonds is 8. The molecule has 0 saturated heterocycles. The molecule has 11 heavy (non-hydrogen) atoms. The second-order valence-electron chi connectivity index (χ2n) is 2.16. The van der Waals surface area contributed by atoms with Crippen molar-refractivity contribution >= 4 is 0 Å². The van der Waals surface area contributed by atoms with Gasteiger partial charge in [-0.05, 0) is 6.42 Å². The Hall–Kier alpha value is -0.160. The fourth-order valence-electron chi connectivity index (χ4n) is 0.634. The van der Waals surface area contributed by atoms with Crippen LogP contribution in [0.1, 0.15) is 6.42 Å². The van der Waals surface area contributed by atoms with Crippen LogP contribution in [0.25, 0.3) is 0 Å². The maximum absolute atomic E-state index is 5.22. The summed E-state index contributed by atoms with van der Waals surface area (Å²) in [7, 11) is 0. The number of hydrogen-bond donors (Lipinski definition) is 2. The summed E-state index contributed by atoms with van der Waals surface area (Å²) in [6.45, 7) is 3.89. The fraction of sp³-hybridized carbons (Fsp3) is 1.00. The minimum Gasteiger partial charge on any atom is -0.380 e. The molecule has 0 heterocycles. The molecule has 4 nitrogen and oxygen atoms in total. The van der Waals surface area contributed by atoms with Gasteiger partial charge in [0.15, 0.2) is 0 Å². The smallest absolute Gasteiger partial charge is 0.0588 e. The molecular formula is C7H18N2O2. The minimum atomic E-state index is 0.587. The SMILES string of the molecule is NCCOCCCOCCN. The second kappa shape index (κ2) is 9.84. The Balaban J connectivity index is 2.69. The molecule has 4 N–H and O–H groups in total. The molecule has 0 aromatic carbocycles. The lowest BCUT2D eigenvalue weighted by Crippen LogP contribution is -2.12. The summed E-state index contributed by atoms with van der Waals surface area (Å²) >= 11 is 0. The third-order valence-electron chi connectivity index (χ3n) is 1.10. The van der Waals surface area contributed by atoms with Gasteiger partial charge in [0.05, 0.1) is 13.2 Å². The van der Waals surface area contributed by atoms with Crippen LogP contribution < -0.4 is 11.5 Å². The standard InChI is InChI=1S/C7H18N2O2/c8-2-6-10-4-1-5-11-7-3-9/h1-9H2. The van der Waals surface area contributed by atoms with Gasteiger partial charge in [-0.15, -0.1) is 0 Å². The lowest BCUT2D eigenvalue weighted by Gasteiger charge is -2.02. The quantitative estimate of drug-likeness (QED) is 0.464. The first kappa shape index (κ1) is 10.8. The van der Waals surface area contributed by atoms with E-state index in [-0.39, 0.29) is 0 Å². The van der Waals surface area contributed by atoms with Crippen LogP contribution >= 0.6 is 0 Å². The Labute approximate surface area is 67.8 Å². The van der Waals surface area contributed by atoms with Crippen molar-refractivity contribution in [3.05, 3.63) is 0 Å². The van der Waals surface area contributed by atoms with Crippen LogP contribution in [-0.2, 0) is 9.47 Å². The summed E-state index contributed by atoms with van der Waals surface area (Å²) in [5, 5.41) is 0. The Kier molecular flexibility index (Phi) is 9.70. The van der Waals surface area contributed by atoms with Gasteiger partial charge in [-0.2, -0.15) is 0 Å². The predicted octanol–water partition coefficient (Wildman–Crippen LogP) is -0.673. The molecule has 0 unspecified atom stereocenters. The highest BCUT2D eigenvalue weighted by atomic mass is 16.5. The van der Waals surface area contributed by atoms with Crippen molar-refractivity contribution in [2.75, 3.05) is 39.5 Å². The maximum Gasteiger partial charge on any atom is 0.0588 e. The van der Waals surface area contributed by atoms with Crippen molar-refractivity contribution in [1.82, 2.24) is 0 Å². The van der Waals surface area contributed by atoms with Crippen molar-refractivity contribution < 1.29 is 9.47 Å². The van der Waals surface area contributed by atoms with E-state index < -0.39 is 0 Å². The molecule has 0 spiro atoms. The Morgan fingerprint density at radius 1 is 0.727 bits per heavy atom. The monoisotopic (exact) mass is 162 g/mol. The average Bonchev–Trinajstić information content (AvgIpc) is 2.03. The molecular weight excluding hydrogens is 144 g/mol. The largest absolute Gasteiger partial charge is 0.380 e. The number of hydrogen-bond acceptors (Lipinski definition) is 4. The lowest BCUT2D eigenvalue weighted by atomic mass is 10.5. The third kappa shape index (κ3) is 9.84. The van der Waals surface area contributed by atoms with Crippen molar-refractivity contribution in [2.24, 2.45) is 11.5 Å². The molecule has 0 saturated carbocycles. The topological polar surface area (TPSA) is 70.5 Å². The number of nitrogens with two attached hydrogens (primary N) is 2. The van der Waals surface area contributed by atoms with Gasteiger partial charge in [-0.1, -0.05) is 0 Å². The average molecular weight is 162 g/mol. The van der Waals surface area contributed by atoms with E-state index in [0.29, 0.717) is 26.3 Å². The minimum absolute atomic E-state index is 0.587. The van der Waals surface area contributed by atoms with Crippen LogP contribution in [-0.4, -0.2) is 39.5 Å². The van der Waals surface area contributed by atoms with Crippen LogP contribution in [0.4, 0.5) is 0 Å². The first-order valence-electron chi connectivity index (χ1n) is 3.97. The lowest BCUT2D eigenvalue weighted by molar-refractivity contribution is 0.0890. The van der Waals surface area contributed by atoms with Gasteiger partial charge in [0.2, 0.25) is 0 Å². The van der Waals surface area contributed by atoms with Crippen molar-refractivity contribution in [3.8, 4) is 0 Å². The molecule has 0 atom stereocenters. The zero-order valence-corrected chi connectivity index (χ0v) is 6.92. The predicted molar refractivity (Wildman–Crippen MR) is 44.4 cm³/mol. The molecule has 0 bridgehead atoms. The van der Waals surface area contributed by atoms with Crippen molar-refractivity contribution in [3.63, 3.8) is 0 Å². The summed E-state index contributed by atoms with van der Waals surface area (Å²) < 4.78 is 10.3. The van der Waals surface area contributed by atoms with Gasteiger partial charge in [0.1, 0.15) is 0 Å². The molecule has 0 amide bonds. The third-order valence-corrected chi connectivity index (χ3v) is 1.10. The van der Waals surface area contributed by atoms with Gasteiger partial charge in [-0.3, -0.25) is 0 Å². The Bertz CT molecular complexity index is 63.5. The van der Waals surface area contributed by atoms with Gasteiger partial charge in [0.25, 0.3) is 0 Å². The van der Waals surface area contributed by atoms with E-state index >= 15 is 0 Å². The summed E-state index contributed by atoms with van der Waals surface area (Å²) in [5.41, 5.74) is 10.4. The highest BCUT2D eigenvalue weighted by molar-refractivity contribution is 4.37. The molecule has 0 aliphatic carbocycles. The molecule has 0 aromatic heterocycles. The van der Waals surface area contributed by atoms with Crippen molar-refractivity contribution in [2.45, 2.75) is 6.42 Å². The van der Waals surface area contributed by atoms with E-state index in [1.807, 2.05) is 0 Å². The molecule has 0 fully saturated rings. The van der Waals surface area contributed by atoms with Crippen LogP contribution in [0.5, 0.6) is 0 Å². The highest BCUT2D eigenvalue weighted by Crippen LogP contribution is 1.83. The molecule has 0 radical (unpaired) electrons. The van der Waals surface area contributed by atoms with Crippen LogP contribution in [0.3, 0.4) is 0 Å². The molecule has 0 aliphatic rings. The molecule has 68 valence electrons. The molecule has 4 heteroatoms. The Morgan fingerprint density at radius 2 is 1.18 bits per heavy atom. The van der Waals surface area contributed by atoms with Gasteiger partial charge in [-0.25, -0.2) is 0 Å². The van der Waals surface area contributed by atoms with Gasteiger partial charge < -0.3 is 20.9 Å². The van der Waals surface area contributed by atoms with Gasteiger partial charge >= 0.3 is 0 Å². The highest BCUT2D eigenvalue weighted by Gasteiger charge is 1.87. The number of ether oxygens (including phenoxy) is 2. The first-order chi connectivity index (χ1) is 5.41. The normalized spacial score (nSPS) is 10.4. The molecule has 0 rings (SSSR count). The van der Waals surface area contributed by atoms with Crippen LogP contribution in [0.2, 0.25) is 0 Å². The maximum atomic E-state index is 5.22. The van der Waals surface area contributed by atoms with Crippen LogP contribution in [0, 0.1) is 0 Å². The van der Waals surface area contributed by atoms with E-state index in [0.717, 1.165) is 19.6 Å². The first-order valence-corrected chi connectivity index (χ1v) is 3.97. The van der Waals surface area contributed by atoms with Crippen LogP contribution in [0.15, 0.2) is 0 Å². The zero-order chi connectivity index (χ0) is 8.36. The molecule has 0 aliphatic heterocycles. The van der Waals surface area contributed by atoms with E-state index in [9.17, 15) is 0 Å². The fourth-order valence-corrected chi connectivity index (χ4v) is 0.634. The summed E-state index contributed by atoms with van der Waals surface area (Å²) in [4.78, 5) is 0. The summed E-state index contributed by atoms with van der Waals surface area (Å²) in [6, 6.07) is 0. The summed E-state index contributed by atoms with van der Waals surface area (Å²) in [5.74, 6) is 0. The van der Waals surface area contributed by atoms with E-state index in [2.05, 4.69) is 0 Å². The van der Waals surface area contributed by atoms with Gasteiger partial charge in [0, 0.05) is 26.3 Å². The zero-order valence-electron chi connectivity index (χ0n) is 6.92. The van der Waals surface area contributed by atoms with E-state index in [1.165, 1.54) is 0 Å². The van der Waals surface area contributed by atoms with Crippen molar-refractivity contribution in [1.29, 1.82) is 0 Å². The summed E-state index contributed by atoms with van der Waals surface area (Å²) in [6.07, 6.45) is 0.917. The van der Waals surface area contributed by atoms with E-state index in [4.69, 9.17) is 20.9 Å². The molecule has 0 aromatic rings. The Morgan fingerprint density at radius 3 is 1.55 bits per heavy atom. The van der Waals surface area contributed by atoms with E-state index in [1.54, 1.807) is 0 Å². The second-order valence-corrected chi connectivity index (χ2v) is 2.16.